The molecule has 84 valence electrons. The lowest BCUT2D eigenvalue weighted by Crippen LogP contribution is -2.48. The molecule has 0 saturated carbocycles. The highest BCUT2D eigenvalue weighted by atomic mass is 28.4. The van der Waals surface area contributed by atoms with E-state index in [0.717, 1.165) is 0 Å². The molecule has 0 atom stereocenters. The van der Waals surface area contributed by atoms with Gasteiger partial charge >= 0.3 is 8.56 Å². The minimum atomic E-state index is -1.93. The summed E-state index contributed by atoms with van der Waals surface area (Å²) in [6.07, 6.45) is 0.160. The van der Waals surface area contributed by atoms with E-state index in [1.54, 1.807) is 7.11 Å². The lowest BCUT2D eigenvalue weighted by atomic mass is 11.7. The van der Waals surface area contributed by atoms with Gasteiger partial charge in [0, 0.05) is 7.11 Å². The van der Waals surface area contributed by atoms with E-state index in [2.05, 4.69) is 0 Å². The average molecular weight is 226 g/mol. The Morgan fingerprint density at radius 1 is 1.08 bits per heavy atom. The van der Waals surface area contributed by atoms with Gasteiger partial charge in [0.15, 0.2) is 0 Å². The van der Waals surface area contributed by atoms with Crippen molar-refractivity contribution in [3.63, 3.8) is 0 Å². The normalized spacial score (nSPS) is 11.5. The highest BCUT2D eigenvalue weighted by Crippen LogP contribution is 2.13. The monoisotopic (exact) mass is 226 g/mol. The minimum Gasteiger partial charge on any atom is -0.434 e. The van der Waals surface area contributed by atoms with E-state index in [-0.39, 0.29) is 21.1 Å². The van der Waals surface area contributed by atoms with Crippen LogP contribution >= 0.6 is 0 Å². The first kappa shape index (κ1) is 19.0. The lowest BCUT2D eigenvalue weighted by Gasteiger charge is -2.30. The fourth-order valence-electron chi connectivity index (χ4n) is 0.739. The molecule has 0 amide bonds. The second kappa shape index (κ2) is 6.72. The van der Waals surface area contributed by atoms with Crippen molar-refractivity contribution in [2.45, 2.75) is 41.0 Å². The Morgan fingerprint density at radius 2 is 1.46 bits per heavy atom. The summed E-state index contributed by atoms with van der Waals surface area (Å²) in [5.74, 6) is 0. The van der Waals surface area contributed by atoms with E-state index in [4.69, 9.17) is 13.6 Å². The Labute approximate surface area is 85.5 Å². The lowest BCUT2D eigenvalue weighted by molar-refractivity contribution is 0.284. The van der Waals surface area contributed by atoms with Crippen LogP contribution in [0.5, 0.6) is 0 Å². The Kier molecular flexibility index (Phi) is 9.81. The number of hydrogen-bond donors (Lipinski definition) is 1. The third-order valence-electron chi connectivity index (χ3n) is 1.39. The van der Waals surface area contributed by atoms with Gasteiger partial charge in [0.1, 0.15) is 0 Å². The van der Waals surface area contributed by atoms with Crippen molar-refractivity contribution in [1.82, 2.24) is 0 Å². The van der Waals surface area contributed by atoms with E-state index in [1.165, 1.54) is 0 Å². The molecule has 0 aromatic heterocycles. The first-order chi connectivity index (χ1) is 4.83. The third kappa shape index (κ3) is 8.64. The summed E-state index contributed by atoms with van der Waals surface area (Å²) in [6.45, 7) is 7.94. The third-order valence-corrected chi connectivity index (χ3v) is 7.32. The van der Waals surface area contributed by atoms with Crippen LogP contribution in [0.25, 0.3) is 0 Å². The first-order valence-corrected chi connectivity index (χ1v) is 9.62. The molecular weight excluding hydrogens is 200 g/mol. The number of aliphatic hydroxyl groups excluding tert-OH is 1. The Morgan fingerprint density at radius 3 is 1.69 bits per heavy atom. The van der Waals surface area contributed by atoms with E-state index in [1.807, 2.05) is 26.2 Å². The molecule has 3 nitrogen and oxygen atoms in total. The molecule has 0 saturated heterocycles. The molecule has 1 N–H and O–H groups in total. The number of aliphatic hydroxyl groups is 1. The predicted octanol–water partition coefficient (Wildman–Crippen LogP) is 2.36. The maximum atomic E-state index is 8.96. The predicted molar refractivity (Wildman–Crippen MR) is 63.6 cm³/mol. The van der Waals surface area contributed by atoms with E-state index in [0.29, 0.717) is 0 Å². The summed E-state index contributed by atoms with van der Waals surface area (Å²) in [6, 6.07) is 0. The molecule has 0 aliphatic rings. The SMILES string of the molecule is C.C.CO[Si](C)(C)O[Si](C)(C)CO. The zero-order valence-corrected chi connectivity index (χ0v) is 9.97. The summed E-state index contributed by atoms with van der Waals surface area (Å²) < 4.78 is 10.9. The Balaban J connectivity index is -0.000000500. The van der Waals surface area contributed by atoms with Crippen LogP contribution in [-0.2, 0) is 8.54 Å². The van der Waals surface area contributed by atoms with Gasteiger partial charge in [0.2, 0.25) is 8.32 Å². The Bertz CT molecular complexity index is 113. The van der Waals surface area contributed by atoms with Crippen molar-refractivity contribution in [1.29, 1.82) is 0 Å². The molecule has 13 heavy (non-hydrogen) atoms. The second-order valence-corrected chi connectivity index (χ2v) is 11.5. The standard InChI is InChI=1S/C6H18O3Si2.2CH4/c1-8-11(4,5)9-10(2,3)6-7;;/h7H,6H2,1-5H3;2*1H4. The zero-order chi connectivity index (χ0) is 9.12. The van der Waals surface area contributed by atoms with Gasteiger partial charge in [-0.1, -0.05) is 14.9 Å². The van der Waals surface area contributed by atoms with E-state index < -0.39 is 16.9 Å². The molecule has 0 bridgehead atoms. The number of rotatable bonds is 4. The molecule has 0 spiro atoms. The van der Waals surface area contributed by atoms with Gasteiger partial charge in [-0.15, -0.1) is 0 Å². The van der Waals surface area contributed by atoms with Crippen LogP contribution in [0.3, 0.4) is 0 Å². The summed E-state index contributed by atoms with van der Waals surface area (Å²) >= 11 is 0. The largest absolute Gasteiger partial charge is 0.434 e. The quantitative estimate of drug-likeness (QED) is 0.748. The van der Waals surface area contributed by atoms with Crippen LogP contribution in [0.15, 0.2) is 0 Å². The van der Waals surface area contributed by atoms with E-state index >= 15 is 0 Å². The molecule has 0 heterocycles. The van der Waals surface area contributed by atoms with Crippen molar-refractivity contribution in [2.24, 2.45) is 0 Å². The fraction of sp³-hybridized carbons (Fsp3) is 1.00. The summed E-state index contributed by atoms with van der Waals surface area (Å²) in [4.78, 5) is 0. The molecule has 0 fully saturated rings. The first-order valence-electron chi connectivity index (χ1n) is 3.69. The zero-order valence-electron chi connectivity index (χ0n) is 7.97. The van der Waals surface area contributed by atoms with Gasteiger partial charge in [-0.3, -0.25) is 0 Å². The molecule has 0 rings (SSSR count). The highest BCUT2D eigenvalue weighted by molar-refractivity contribution is 6.82. The van der Waals surface area contributed by atoms with Gasteiger partial charge in [0.05, 0.1) is 6.23 Å². The minimum absolute atomic E-state index is 0. The molecule has 0 radical (unpaired) electrons. The van der Waals surface area contributed by atoms with Crippen LogP contribution in [0.1, 0.15) is 14.9 Å². The number of hydrogen-bond acceptors (Lipinski definition) is 3. The van der Waals surface area contributed by atoms with Crippen molar-refractivity contribution in [3.05, 3.63) is 0 Å². The van der Waals surface area contributed by atoms with Gasteiger partial charge in [0.25, 0.3) is 0 Å². The molecular formula is C8H26O3Si2. The van der Waals surface area contributed by atoms with Crippen molar-refractivity contribution in [2.75, 3.05) is 13.3 Å². The molecule has 0 aliphatic carbocycles. The van der Waals surface area contributed by atoms with Crippen LogP contribution < -0.4 is 0 Å². The van der Waals surface area contributed by atoms with E-state index in [9.17, 15) is 0 Å². The maximum absolute atomic E-state index is 8.96. The molecule has 0 aromatic rings. The van der Waals surface area contributed by atoms with Crippen LogP contribution in [0, 0.1) is 0 Å². The highest BCUT2D eigenvalue weighted by Gasteiger charge is 2.33. The van der Waals surface area contributed by atoms with Gasteiger partial charge in [-0.2, -0.15) is 0 Å². The van der Waals surface area contributed by atoms with Crippen LogP contribution in [0.2, 0.25) is 26.2 Å². The summed E-state index contributed by atoms with van der Waals surface area (Å²) in [5, 5.41) is 8.96. The second-order valence-electron chi connectivity index (χ2n) is 3.62. The summed E-state index contributed by atoms with van der Waals surface area (Å²) in [5.41, 5.74) is 0. The molecule has 5 heteroatoms. The van der Waals surface area contributed by atoms with Gasteiger partial charge in [-0.05, 0) is 26.2 Å². The van der Waals surface area contributed by atoms with Crippen LogP contribution in [-0.4, -0.2) is 35.3 Å². The Hall–Kier alpha value is 0.314. The van der Waals surface area contributed by atoms with Crippen molar-refractivity contribution < 1.29 is 13.6 Å². The molecule has 0 unspecified atom stereocenters. The smallest absolute Gasteiger partial charge is 0.321 e. The van der Waals surface area contributed by atoms with Crippen LogP contribution in [0.4, 0.5) is 0 Å². The van der Waals surface area contributed by atoms with Crippen molar-refractivity contribution in [3.8, 4) is 0 Å². The maximum Gasteiger partial charge on any atom is 0.321 e. The van der Waals surface area contributed by atoms with Gasteiger partial charge in [-0.25, -0.2) is 0 Å². The van der Waals surface area contributed by atoms with Crippen molar-refractivity contribution >= 4 is 16.9 Å². The van der Waals surface area contributed by atoms with Gasteiger partial charge < -0.3 is 13.6 Å². The fourth-order valence-corrected chi connectivity index (χ4v) is 6.65. The average Bonchev–Trinajstić information content (AvgIpc) is 1.86. The molecule has 0 aromatic carbocycles. The summed E-state index contributed by atoms with van der Waals surface area (Å²) in [7, 11) is -2.11. The topological polar surface area (TPSA) is 38.7 Å². The molecule has 0 aliphatic heterocycles.